The topological polar surface area (TPSA) is 32.5 Å². The molecule has 0 saturated carbocycles. The van der Waals surface area contributed by atoms with Crippen LogP contribution in [-0.2, 0) is 0 Å². The van der Waals surface area contributed by atoms with Gasteiger partial charge in [0, 0.05) is 13.1 Å². The quantitative estimate of drug-likeness (QED) is 0.827. The molecule has 1 aliphatic rings. The summed E-state index contributed by atoms with van der Waals surface area (Å²) in [4.78, 5) is 2.33. The van der Waals surface area contributed by atoms with Crippen LogP contribution in [0.5, 0.6) is 5.75 Å². The van der Waals surface area contributed by atoms with Gasteiger partial charge in [-0.1, -0.05) is 48.0 Å². The Balaban J connectivity index is 1.82. The molecule has 3 rings (SSSR count). The Bertz CT molecular complexity index is 564. The molecule has 1 saturated heterocycles. The number of ether oxygens (including phenoxy) is 1. The molecule has 2 aromatic carbocycles. The smallest absolute Gasteiger partial charge is 0.141 e. The Hall–Kier alpha value is -1.84. The van der Waals surface area contributed by atoms with E-state index in [1.54, 1.807) is 0 Å². The van der Waals surface area contributed by atoms with Crippen molar-refractivity contribution < 1.29 is 9.84 Å². The van der Waals surface area contributed by atoms with E-state index in [2.05, 4.69) is 36.1 Å². The molecule has 3 heteroatoms. The molecule has 0 bridgehead atoms. The highest BCUT2D eigenvalue weighted by molar-refractivity contribution is 5.27. The Morgan fingerprint density at radius 1 is 1.05 bits per heavy atom. The maximum absolute atomic E-state index is 9.80. The fourth-order valence-corrected chi connectivity index (χ4v) is 2.64. The van der Waals surface area contributed by atoms with Crippen LogP contribution in [0.2, 0.25) is 0 Å². The van der Waals surface area contributed by atoms with Crippen LogP contribution in [0.15, 0.2) is 54.6 Å². The zero-order valence-corrected chi connectivity index (χ0v) is 12.3. The van der Waals surface area contributed by atoms with Gasteiger partial charge in [-0.15, -0.1) is 0 Å². The molecule has 0 aromatic heterocycles. The van der Waals surface area contributed by atoms with Crippen molar-refractivity contribution in [3.05, 3.63) is 65.7 Å². The number of aliphatic hydroxyl groups excluding tert-OH is 1. The molecule has 1 fully saturated rings. The predicted octanol–water partition coefficient (Wildman–Crippen LogP) is 2.79. The predicted molar refractivity (Wildman–Crippen MR) is 83.4 cm³/mol. The van der Waals surface area contributed by atoms with Crippen LogP contribution in [0, 0.1) is 6.92 Å². The molecule has 2 atom stereocenters. The van der Waals surface area contributed by atoms with Crippen molar-refractivity contribution in [2.45, 2.75) is 19.1 Å². The first-order chi connectivity index (χ1) is 10.3. The average Bonchev–Trinajstić information content (AvgIpc) is 3.34. The number of aliphatic hydroxyl groups is 1. The molecule has 110 valence electrons. The molecule has 1 N–H and O–H groups in total. The first-order valence-corrected chi connectivity index (χ1v) is 7.41. The third-order valence-electron chi connectivity index (χ3n) is 3.86. The molecule has 2 aromatic rings. The summed E-state index contributed by atoms with van der Waals surface area (Å²) in [5, 5.41) is 9.80. The Labute approximate surface area is 125 Å². The summed E-state index contributed by atoms with van der Waals surface area (Å²) in [6, 6.07) is 18.3. The van der Waals surface area contributed by atoms with Crippen LogP contribution in [-0.4, -0.2) is 35.8 Å². The van der Waals surface area contributed by atoms with Crippen LogP contribution in [0.4, 0.5) is 0 Å². The monoisotopic (exact) mass is 283 g/mol. The van der Waals surface area contributed by atoms with Gasteiger partial charge in [0.25, 0.3) is 0 Å². The van der Waals surface area contributed by atoms with E-state index in [4.69, 9.17) is 4.74 Å². The number of benzene rings is 2. The fourth-order valence-electron chi connectivity index (χ4n) is 2.64. The van der Waals surface area contributed by atoms with Crippen molar-refractivity contribution in [1.82, 2.24) is 4.90 Å². The lowest BCUT2D eigenvalue weighted by molar-refractivity contribution is 0.0631. The van der Waals surface area contributed by atoms with E-state index in [0.29, 0.717) is 0 Å². The number of aryl methyl sites for hydroxylation is 1. The summed E-state index contributed by atoms with van der Waals surface area (Å²) < 4.78 is 6.02. The van der Waals surface area contributed by atoms with Crippen LogP contribution in [0.3, 0.4) is 0 Å². The van der Waals surface area contributed by atoms with Gasteiger partial charge in [0.05, 0.1) is 12.6 Å². The van der Waals surface area contributed by atoms with E-state index in [0.717, 1.165) is 18.8 Å². The SMILES string of the molecule is Cc1ccc([C@H]([C@@H](CO)Oc2ccccc2)N2CC2)cc1. The summed E-state index contributed by atoms with van der Waals surface area (Å²) in [7, 11) is 0. The minimum Gasteiger partial charge on any atom is -0.486 e. The van der Waals surface area contributed by atoms with E-state index in [-0.39, 0.29) is 18.8 Å². The average molecular weight is 283 g/mol. The van der Waals surface area contributed by atoms with Gasteiger partial charge in [-0.2, -0.15) is 0 Å². The lowest BCUT2D eigenvalue weighted by atomic mass is 10.00. The van der Waals surface area contributed by atoms with E-state index in [9.17, 15) is 5.11 Å². The zero-order valence-electron chi connectivity index (χ0n) is 12.3. The summed E-state index contributed by atoms with van der Waals surface area (Å²) >= 11 is 0. The zero-order chi connectivity index (χ0) is 14.7. The number of hydrogen-bond acceptors (Lipinski definition) is 3. The minimum atomic E-state index is -0.252. The molecule has 0 aliphatic carbocycles. The molecule has 0 radical (unpaired) electrons. The highest BCUT2D eigenvalue weighted by atomic mass is 16.5. The van der Waals surface area contributed by atoms with Gasteiger partial charge >= 0.3 is 0 Å². The summed E-state index contributed by atoms with van der Waals surface area (Å²) in [6.07, 6.45) is -0.252. The summed E-state index contributed by atoms with van der Waals surface area (Å²) in [6.45, 7) is 4.21. The van der Waals surface area contributed by atoms with E-state index < -0.39 is 0 Å². The molecule has 3 nitrogen and oxygen atoms in total. The number of rotatable bonds is 6. The fraction of sp³-hybridized carbons (Fsp3) is 0.333. The van der Waals surface area contributed by atoms with Crippen molar-refractivity contribution in [2.75, 3.05) is 19.7 Å². The van der Waals surface area contributed by atoms with Gasteiger partial charge in [-0.3, -0.25) is 4.90 Å². The first-order valence-electron chi connectivity index (χ1n) is 7.41. The van der Waals surface area contributed by atoms with Crippen LogP contribution in [0.25, 0.3) is 0 Å². The molecule has 1 aliphatic heterocycles. The number of para-hydroxylation sites is 1. The van der Waals surface area contributed by atoms with Crippen molar-refractivity contribution >= 4 is 0 Å². The van der Waals surface area contributed by atoms with E-state index in [1.165, 1.54) is 11.1 Å². The highest BCUT2D eigenvalue weighted by Crippen LogP contribution is 2.32. The Morgan fingerprint density at radius 2 is 1.71 bits per heavy atom. The van der Waals surface area contributed by atoms with Gasteiger partial charge in [0.2, 0.25) is 0 Å². The largest absolute Gasteiger partial charge is 0.486 e. The third-order valence-corrected chi connectivity index (χ3v) is 3.86. The Morgan fingerprint density at radius 3 is 2.29 bits per heavy atom. The van der Waals surface area contributed by atoms with Gasteiger partial charge in [-0.05, 0) is 24.6 Å². The molecule has 0 unspecified atom stereocenters. The van der Waals surface area contributed by atoms with Crippen molar-refractivity contribution in [3.63, 3.8) is 0 Å². The summed E-state index contributed by atoms with van der Waals surface area (Å²) in [5.74, 6) is 0.801. The maximum Gasteiger partial charge on any atom is 0.141 e. The molecule has 21 heavy (non-hydrogen) atoms. The second kappa shape index (κ2) is 6.29. The standard InChI is InChI=1S/C18H21NO2/c1-14-7-9-15(10-8-14)18(19-11-12-19)17(13-20)21-16-5-3-2-4-6-16/h2-10,17-18,20H,11-13H2,1H3/t17-,18-/m1/s1. The van der Waals surface area contributed by atoms with Crippen LogP contribution < -0.4 is 4.74 Å². The molecule has 1 heterocycles. The maximum atomic E-state index is 9.80. The lowest BCUT2D eigenvalue weighted by Crippen LogP contribution is -2.33. The second-order valence-electron chi connectivity index (χ2n) is 5.54. The summed E-state index contributed by atoms with van der Waals surface area (Å²) in [5.41, 5.74) is 2.45. The third kappa shape index (κ3) is 3.43. The molecule has 0 spiro atoms. The van der Waals surface area contributed by atoms with Crippen molar-refractivity contribution in [1.29, 1.82) is 0 Å². The van der Waals surface area contributed by atoms with Gasteiger partial charge in [-0.25, -0.2) is 0 Å². The van der Waals surface area contributed by atoms with Gasteiger partial charge in [0.15, 0.2) is 0 Å². The molecular formula is C18H21NO2. The van der Waals surface area contributed by atoms with Crippen molar-refractivity contribution in [3.8, 4) is 5.75 Å². The van der Waals surface area contributed by atoms with E-state index in [1.807, 2.05) is 30.3 Å². The molecular weight excluding hydrogens is 262 g/mol. The second-order valence-corrected chi connectivity index (χ2v) is 5.54. The Kier molecular flexibility index (Phi) is 4.23. The normalized spacial score (nSPS) is 17.2. The van der Waals surface area contributed by atoms with Crippen LogP contribution in [0.1, 0.15) is 17.2 Å². The minimum absolute atomic E-state index is 0.00391. The number of hydrogen-bond donors (Lipinski definition) is 1. The number of nitrogens with zero attached hydrogens (tertiary/aromatic N) is 1. The molecule has 0 amide bonds. The van der Waals surface area contributed by atoms with Crippen LogP contribution >= 0.6 is 0 Å². The van der Waals surface area contributed by atoms with Gasteiger partial charge < -0.3 is 9.84 Å². The van der Waals surface area contributed by atoms with Crippen molar-refractivity contribution in [2.24, 2.45) is 0 Å². The first kappa shape index (κ1) is 14.1. The highest BCUT2D eigenvalue weighted by Gasteiger charge is 2.36. The van der Waals surface area contributed by atoms with E-state index >= 15 is 0 Å². The van der Waals surface area contributed by atoms with Gasteiger partial charge in [0.1, 0.15) is 11.9 Å². The lowest BCUT2D eigenvalue weighted by Gasteiger charge is -2.28.